The van der Waals surface area contributed by atoms with Crippen molar-refractivity contribution in [3.8, 4) is 11.3 Å². The lowest BCUT2D eigenvalue weighted by molar-refractivity contribution is -0.0914. The summed E-state index contributed by atoms with van der Waals surface area (Å²) in [6, 6.07) is 15.6. The fraction of sp³-hybridized carbons (Fsp3) is 0.222. The molecule has 0 amide bonds. The predicted molar refractivity (Wildman–Crippen MR) is 96.3 cm³/mol. The highest BCUT2D eigenvalue weighted by Gasteiger charge is 2.12. The maximum atomic E-state index is 6.15. The third kappa shape index (κ3) is 3.64. The van der Waals surface area contributed by atoms with Crippen LogP contribution >= 0.6 is 11.6 Å². The number of benzene rings is 2. The third-order valence-electron chi connectivity index (χ3n) is 3.66. The van der Waals surface area contributed by atoms with Crippen LogP contribution < -0.4 is 5.32 Å². The van der Waals surface area contributed by atoms with Crippen LogP contribution in [-0.2, 0) is 9.47 Å². The first-order chi connectivity index (χ1) is 11.7. The molecule has 124 valence electrons. The Morgan fingerprint density at radius 1 is 1.04 bits per heavy atom. The monoisotopic (exact) mass is 343 g/mol. The Bertz CT molecular complexity index is 823. The summed E-state index contributed by atoms with van der Waals surface area (Å²) in [4.78, 5) is 9.21. The number of aromatic nitrogens is 2. The van der Waals surface area contributed by atoms with E-state index >= 15 is 0 Å². The number of nitrogens with one attached hydrogen (secondary N) is 1. The number of fused-ring (bicyclic) bond motifs is 1. The van der Waals surface area contributed by atoms with Gasteiger partial charge >= 0.3 is 0 Å². The summed E-state index contributed by atoms with van der Waals surface area (Å²) in [6.45, 7) is 0.445. The van der Waals surface area contributed by atoms with E-state index in [1.165, 1.54) is 0 Å². The van der Waals surface area contributed by atoms with E-state index in [0.29, 0.717) is 17.5 Å². The number of halogens is 1. The molecule has 5 nitrogen and oxygen atoms in total. The molecule has 1 aromatic heterocycles. The van der Waals surface area contributed by atoms with E-state index in [1.54, 1.807) is 14.2 Å². The molecule has 0 radical (unpaired) electrons. The fourth-order valence-electron chi connectivity index (χ4n) is 2.43. The van der Waals surface area contributed by atoms with Crippen LogP contribution in [0, 0.1) is 0 Å². The first-order valence-electron chi connectivity index (χ1n) is 7.53. The van der Waals surface area contributed by atoms with Gasteiger partial charge in [-0.15, -0.1) is 0 Å². The van der Waals surface area contributed by atoms with Crippen LogP contribution in [0.2, 0.25) is 5.02 Å². The van der Waals surface area contributed by atoms with Gasteiger partial charge in [-0.3, -0.25) is 0 Å². The molecule has 0 atom stereocenters. The largest absolute Gasteiger partial charge is 0.354 e. The van der Waals surface area contributed by atoms with Crippen molar-refractivity contribution in [1.82, 2.24) is 9.97 Å². The van der Waals surface area contributed by atoms with Gasteiger partial charge in [-0.05, 0) is 18.2 Å². The van der Waals surface area contributed by atoms with Crippen molar-refractivity contribution >= 4 is 28.5 Å². The highest BCUT2D eigenvalue weighted by atomic mass is 35.5. The molecule has 0 spiro atoms. The lowest BCUT2D eigenvalue weighted by atomic mass is 10.1. The van der Waals surface area contributed by atoms with Crippen LogP contribution in [0.1, 0.15) is 0 Å². The molecule has 2 aromatic carbocycles. The van der Waals surface area contributed by atoms with Crippen LogP contribution in [0.25, 0.3) is 22.2 Å². The van der Waals surface area contributed by atoms with Gasteiger partial charge in [0.1, 0.15) is 0 Å². The van der Waals surface area contributed by atoms with Crippen molar-refractivity contribution in [2.24, 2.45) is 0 Å². The molecule has 3 aromatic rings. The molecule has 0 bridgehead atoms. The molecule has 0 aliphatic heterocycles. The SMILES string of the molecule is COC(CNc1nc(-c2ccccc2)c2cc(Cl)ccc2n1)OC. The lowest BCUT2D eigenvalue weighted by Crippen LogP contribution is -2.24. The zero-order chi connectivity index (χ0) is 16.9. The zero-order valence-corrected chi connectivity index (χ0v) is 14.2. The van der Waals surface area contributed by atoms with Gasteiger partial charge < -0.3 is 14.8 Å². The van der Waals surface area contributed by atoms with Gasteiger partial charge in [-0.2, -0.15) is 0 Å². The fourth-order valence-corrected chi connectivity index (χ4v) is 2.61. The predicted octanol–water partition coefficient (Wildman–Crippen LogP) is 3.98. The second kappa shape index (κ2) is 7.57. The summed E-state index contributed by atoms with van der Waals surface area (Å²) in [5, 5.41) is 4.73. The second-order valence-electron chi connectivity index (χ2n) is 5.21. The Labute approximate surface area is 145 Å². The molecule has 0 saturated heterocycles. The van der Waals surface area contributed by atoms with E-state index in [4.69, 9.17) is 21.1 Å². The molecule has 0 fully saturated rings. The topological polar surface area (TPSA) is 56.3 Å². The average Bonchev–Trinajstić information content (AvgIpc) is 2.63. The molecule has 0 aliphatic carbocycles. The highest BCUT2D eigenvalue weighted by Crippen LogP contribution is 2.29. The molecule has 24 heavy (non-hydrogen) atoms. The maximum absolute atomic E-state index is 6.15. The lowest BCUT2D eigenvalue weighted by Gasteiger charge is -2.15. The van der Waals surface area contributed by atoms with Gasteiger partial charge in [0.15, 0.2) is 6.29 Å². The number of methoxy groups -OCH3 is 2. The third-order valence-corrected chi connectivity index (χ3v) is 3.89. The number of rotatable bonds is 6. The van der Waals surface area contributed by atoms with Gasteiger partial charge in [-0.25, -0.2) is 9.97 Å². The second-order valence-corrected chi connectivity index (χ2v) is 5.64. The summed E-state index contributed by atoms with van der Waals surface area (Å²) in [5.74, 6) is 0.516. The molecule has 1 N–H and O–H groups in total. The number of hydrogen-bond donors (Lipinski definition) is 1. The maximum Gasteiger partial charge on any atom is 0.224 e. The normalized spacial score (nSPS) is 11.2. The Balaban J connectivity index is 2.04. The molecule has 0 saturated carbocycles. The smallest absolute Gasteiger partial charge is 0.224 e. The highest BCUT2D eigenvalue weighted by molar-refractivity contribution is 6.31. The molecule has 6 heteroatoms. The molecule has 0 aliphatic rings. The Morgan fingerprint density at radius 3 is 2.50 bits per heavy atom. The van der Waals surface area contributed by atoms with Gasteiger partial charge in [0.05, 0.1) is 17.8 Å². The van der Waals surface area contributed by atoms with Crippen LogP contribution in [-0.4, -0.2) is 37.0 Å². The van der Waals surface area contributed by atoms with E-state index in [-0.39, 0.29) is 6.29 Å². The minimum atomic E-state index is -0.366. The van der Waals surface area contributed by atoms with Crippen LogP contribution in [0.4, 0.5) is 5.95 Å². The van der Waals surface area contributed by atoms with Crippen molar-refractivity contribution in [3.63, 3.8) is 0 Å². The molecular weight excluding hydrogens is 326 g/mol. The number of nitrogens with zero attached hydrogens (tertiary/aromatic N) is 2. The molecular formula is C18H18ClN3O2. The minimum absolute atomic E-state index is 0.366. The number of ether oxygens (including phenoxy) is 2. The molecule has 3 rings (SSSR count). The van der Waals surface area contributed by atoms with E-state index < -0.39 is 0 Å². The van der Waals surface area contributed by atoms with E-state index in [0.717, 1.165) is 22.2 Å². The summed E-state index contributed by atoms with van der Waals surface area (Å²) in [6.07, 6.45) is -0.366. The van der Waals surface area contributed by atoms with Gasteiger partial charge in [0.2, 0.25) is 5.95 Å². The first-order valence-corrected chi connectivity index (χ1v) is 7.91. The first kappa shape index (κ1) is 16.6. The summed E-state index contributed by atoms with van der Waals surface area (Å²) >= 11 is 6.15. The van der Waals surface area contributed by atoms with Crippen molar-refractivity contribution in [2.45, 2.75) is 6.29 Å². The Morgan fingerprint density at radius 2 is 1.79 bits per heavy atom. The van der Waals surface area contributed by atoms with Crippen molar-refractivity contribution in [1.29, 1.82) is 0 Å². The molecule has 1 heterocycles. The van der Waals surface area contributed by atoms with Crippen molar-refractivity contribution in [3.05, 3.63) is 53.6 Å². The van der Waals surface area contributed by atoms with E-state index in [9.17, 15) is 0 Å². The Kier molecular flexibility index (Phi) is 5.25. The summed E-state index contributed by atoms with van der Waals surface area (Å²) < 4.78 is 10.4. The quantitative estimate of drug-likeness (QED) is 0.686. The minimum Gasteiger partial charge on any atom is -0.354 e. The van der Waals surface area contributed by atoms with Crippen LogP contribution in [0.3, 0.4) is 0 Å². The zero-order valence-electron chi connectivity index (χ0n) is 13.5. The number of hydrogen-bond acceptors (Lipinski definition) is 5. The van der Waals surface area contributed by atoms with Gasteiger partial charge in [-0.1, -0.05) is 41.9 Å². The van der Waals surface area contributed by atoms with Crippen molar-refractivity contribution < 1.29 is 9.47 Å². The van der Waals surface area contributed by atoms with Crippen molar-refractivity contribution in [2.75, 3.05) is 26.1 Å². The Hall–Kier alpha value is -2.21. The van der Waals surface area contributed by atoms with Crippen LogP contribution in [0.5, 0.6) is 0 Å². The van der Waals surface area contributed by atoms with E-state index in [1.807, 2.05) is 48.5 Å². The molecule has 0 unspecified atom stereocenters. The number of anilines is 1. The standard InChI is InChI=1S/C18H18ClN3O2/c1-23-16(24-2)11-20-18-21-15-9-8-13(19)10-14(15)17(22-18)12-6-4-3-5-7-12/h3-10,16H,11H2,1-2H3,(H,20,21,22). The van der Waals surface area contributed by atoms with Gasteiger partial charge in [0, 0.05) is 30.2 Å². The van der Waals surface area contributed by atoms with E-state index in [2.05, 4.69) is 15.3 Å². The summed E-state index contributed by atoms with van der Waals surface area (Å²) in [7, 11) is 3.18. The average molecular weight is 344 g/mol. The van der Waals surface area contributed by atoms with Crippen LogP contribution in [0.15, 0.2) is 48.5 Å². The summed E-state index contributed by atoms with van der Waals surface area (Å²) in [5.41, 5.74) is 2.66. The van der Waals surface area contributed by atoms with Gasteiger partial charge in [0.25, 0.3) is 0 Å².